The highest BCUT2D eigenvalue weighted by Crippen LogP contribution is 2.26. The topological polar surface area (TPSA) is 88.4 Å². The molecule has 156 valence electrons. The SMILES string of the molecule is C/N=C\c1ccc(-c2csc(NC(=O)CNC(=O)c3ccn(S(C)=S)c3)n2)cc1C. The van der Waals surface area contributed by atoms with Crippen molar-refractivity contribution in [1.29, 1.82) is 0 Å². The van der Waals surface area contributed by atoms with E-state index < -0.39 is 9.64 Å². The van der Waals surface area contributed by atoms with Gasteiger partial charge in [0.15, 0.2) is 5.13 Å². The molecule has 0 aliphatic rings. The number of rotatable bonds is 7. The molecule has 0 saturated heterocycles. The van der Waals surface area contributed by atoms with E-state index in [-0.39, 0.29) is 18.4 Å². The van der Waals surface area contributed by atoms with E-state index in [1.54, 1.807) is 29.5 Å². The Hall–Kier alpha value is -2.69. The summed E-state index contributed by atoms with van der Waals surface area (Å²) in [5, 5.41) is 7.69. The molecule has 1 aromatic carbocycles. The van der Waals surface area contributed by atoms with Crippen molar-refractivity contribution in [1.82, 2.24) is 14.3 Å². The second kappa shape index (κ2) is 9.88. The van der Waals surface area contributed by atoms with Crippen LogP contribution in [0.3, 0.4) is 0 Å². The fraction of sp³-hybridized carbons (Fsp3) is 0.200. The lowest BCUT2D eigenvalue weighted by Gasteiger charge is -2.04. The Bertz CT molecular complexity index is 1130. The van der Waals surface area contributed by atoms with Crippen LogP contribution in [-0.4, -0.2) is 46.8 Å². The molecule has 2 aromatic heterocycles. The summed E-state index contributed by atoms with van der Waals surface area (Å²) in [5.41, 5.74) is 4.36. The summed E-state index contributed by atoms with van der Waals surface area (Å²) >= 11 is 6.50. The number of thiazole rings is 1. The van der Waals surface area contributed by atoms with E-state index in [0.717, 1.165) is 22.4 Å². The molecular weight excluding hydrogens is 438 g/mol. The van der Waals surface area contributed by atoms with Crippen LogP contribution in [0.25, 0.3) is 11.3 Å². The first-order valence-corrected chi connectivity index (χ1v) is 12.4. The first-order valence-electron chi connectivity index (χ1n) is 8.96. The van der Waals surface area contributed by atoms with Gasteiger partial charge >= 0.3 is 0 Å². The molecule has 0 bridgehead atoms. The Morgan fingerprint density at radius 3 is 2.83 bits per heavy atom. The number of carbonyl (C=O) groups is 2. The summed E-state index contributed by atoms with van der Waals surface area (Å²) in [6.07, 6.45) is 7.12. The third kappa shape index (κ3) is 5.47. The van der Waals surface area contributed by atoms with Crippen molar-refractivity contribution in [3.05, 3.63) is 58.7 Å². The van der Waals surface area contributed by atoms with Gasteiger partial charge in [0.1, 0.15) is 0 Å². The maximum Gasteiger partial charge on any atom is 0.253 e. The molecule has 1 unspecified atom stereocenters. The van der Waals surface area contributed by atoms with Crippen molar-refractivity contribution in [3.8, 4) is 11.3 Å². The highest BCUT2D eigenvalue weighted by atomic mass is 32.8. The minimum Gasteiger partial charge on any atom is -0.343 e. The van der Waals surface area contributed by atoms with E-state index in [1.807, 2.05) is 43.0 Å². The van der Waals surface area contributed by atoms with Gasteiger partial charge in [-0.15, -0.1) is 11.3 Å². The number of hydrogen-bond donors (Lipinski definition) is 2. The number of nitrogens with one attached hydrogen (secondary N) is 2. The van der Waals surface area contributed by atoms with Crippen LogP contribution in [0.15, 0.2) is 47.0 Å². The molecule has 3 rings (SSSR count). The highest BCUT2D eigenvalue weighted by Gasteiger charge is 2.12. The molecule has 0 aliphatic heterocycles. The molecule has 0 spiro atoms. The normalized spacial score (nSPS) is 12.1. The Labute approximate surface area is 186 Å². The molecule has 7 nitrogen and oxygen atoms in total. The van der Waals surface area contributed by atoms with Gasteiger partial charge in [0.2, 0.25) is 5.91 Å². The van der Waals surface area contributed by atoms with Crippen molar-refractivity contribution in [2.75, 3.05) is 25.2 Å². The summed E-state index contributed by atoms with van der Waals surface area (Å²) in [4.78, 5) is 32.9. The first-order chi connectivity index (χ1) is 14.4. The van der Waals surface area contributed by atoms with Gasteiger partial charge in [0.25, 0.3) is 5.91 Å². The van der Waals surface area contributed by atoms with Gasteiger partial charge in [-0.3, -0.25) is 18.6 Å². The molecule has 3 aromatic rings. The fourth-order valence-electron chi connectivity index (χ4n) is 2.68. The number of aliphatic imine (C=N–C) groups is 1. The molecule has 0 saturated carbocycles. The third-order valence-corrected chi connectivity index (χ3v) is 6.32. The summed E-state index contributed by atoms with van der Waals surface area (Å²) in [5.74, 6) is -0.664. The fourth-order valence-corrected chi connectivity index (χ4v) is 4.19. The smallest absolute Gasteiger partial charge is 0.253 e. The first kappa shape index (κ1) is 22.0. The van der Waals surface area contributed by atoms with Gasteiger partial charge in [-0.2, -0.15) is 0 Å². The van der Waals surface area contributed by atoms with Gasteiger partial charge in [-0.1, -0.05) is 12.1 Å². The van der Waals surface area contributed by atoms with E-state index >= 15 is 0 Å². The Morgan fingerprint density at radius 1 is 1.37 bits per heavy atom. The number of carbonyl (C=O) groups excluding carboxylic acids is 2. The molecule has 1 atom stereocenters. The van der Waals surface area contributed by atoms with Crippen LogP contribution >= 0.6 is 11.3 Å². The number of aromatic nitrogens is 2. The highest BCUT2D eigenvalue weighted by molar-refractivity contribution is 8.27. The van der Waals surface area contributed by atoms with Gasteiger partial charge in [-0.05, 0) is 51.0 Å². The number of anilines is 1. The van der Waals surface area contributed by atoms with Crippen molar-refractivity contribution >= 4 is 55.3 Å². The number of aryl methyl sites for hydroxylation is 1. The van der Waals surface area contributed by atoms with Crippen molar-refractivity contribution in [2.45, 2.75) is 6.92 Å². The molecule has 2 amide bonds. The lowest BCUT2D eigenvalue weighted by atomic mass is 10.0. The van der Waals surface area contributed by atoms with Crippen molar-refractivity contribution in [2.24, 2.45) is 4.99 Å². The summed E-state index contributed by atoms with van der Waals surface area (Å²) in [7, 11) is 1.33. The van der Waals surface area contributed by atoms with E-state index in [4.69, 9.17) is 11.2 Å². The largest absolute Gasteiger partial charge is 0.343 e. The average molecular weight is 460 g/mol. The number of benzene rings is 1. The van der Waals surface area contributed by atoms with E-state index in [0.29, 0.717) is 10.7 Å². The number of hydrogen-bond acceptors (Lipinski definition) is 6. The van der Waals surface area contributed by atoms with Gasteiger partial charge in [0.05, 0.1) is 17.8 Å². The maximum absolute atomic E-state index is 12.2. The summed E-state index contributed by atoms with van der Waals surface area (Å²) in [6.45, 7) is 1.87. The van der Waals surface area contributed by atoms with Gasteiger partial charge in [0, 0.05) is 42.9 Å². The number of amides is 2. The zero-order valence-corrected chi connectivity index (χ0v) is 19.2. The molecule has 2 heterocycles. The Morgan fingerprint density at radius 2 is 2.17 bits per heavy atom. The van der Waals surface area contributed by atoms with Crippen LogP contribution in [-0.2, 0) is 25.6 Å². The van der Waals surface area contributed by atoms with Gasteiger partial charge in [-0.25, -0.2) is 4.98 Å². The molecule has 2 N–H and O–H groups in total. The third-order valence-electron chi connectivity index (χ3n) is 4.22. The van der Waals surface area contributed by atoms with Crippen LogP contribution in [0, 0.1) is 6.92 Å². The lowest BCUT2D eigenvalue weighted by Crippen LogP contribution is -2.32. The quantitative estimate of drug-likeness (QED) is 0.532. The minimum absolute atomic E-state index is 0.144. The number of nitrogens with zero attached hydrogens (tertiary/aromatic N) is 3. The van der Waals surface area contributed by atoms with Gasteiger partial charge < -0.3 is 10.6 Å². The molecule has 0 aliphatic carbocycles. The van der Waals surface area contributed by atoms with Crippen LogP contribution < -0.4 is 10.6 Å². The standard InChI is InChI=1S/C20H21N5O2S3/c1-13-8-14(4-5-15(13)9-21-2)17-12-29-20(23-17)24-18(26)10-22-19(27)16-6-7-25(11-16)30(3)28/h4-9,11-12H,10H2,1-3H3,(H,22,27)(H,23,24,26)/b21-9-. The van der Waals surface area contributed by atoms with Crippen LogP contribution in [0.5, 0.6) is 0 Å². The monoisotopic (exact) mass is 459 g/mol. The summed E-state index contributed by atoms with van der Waals surface area (Å²) in [6, 6.07) is 7.68. The van der Waals surface area contributed by atoms with Crippen LogP contribution in [0.2, 0.25) is 0 Å². The average Bonchev–Trinajstić information content (AvgIpc) is 3.38. The van der Waals surface area contributed by atoms with E-state index in [1.165, 1.54) is 11.3 Å². The summed E-state index contributed by atoms with van der Waals surface area (Å²) < 4.78 is 1.78. The minimum atomic E-state index is -0.404. The van der Waals surface area contributed by atoms with Crippen molar-refractivity contribution < 1.29 is 9.59 Å². The predicted octanol–water partition coefficient (Wildman–Crippen LogP) is 2.81. The van der Waals surface area contributed by atoms with Crippen LogP contribution in [0.1, 0.15) is 21.5 Å². The molecular formula is C20H21N5O2S3. The van der Waals surface area contributed by atoms with Crippen LogP contribution in [0.4, 0.5) is 5.13 Å². The molecule has 0 radical (unpaired) electrons. The second-order valence-corrected chi connectivity index (χ2v) is 9.99. The molecule has 30 heavy (non-hydrogen) atoms. The van der Waals surface area contributed by atoms with Crippen molar-refractivity contribution in [3.63, 3.8) is 0 Å². The lowest BCUT2D eigenvalue weighted by molar-refractivity contribution is -0.115. The van der Waals surface area contributed by atoms with E-state index in [9.17, 15) is 9.59 Å². The molecule has 10 heteroatoms. The zero-order valence-electron chi connectivity index (χ0n) is 16.7. The predicted molar refractivity (Wildman–Crippen MR) is 127 cm³/mol. The zero-order chi connectivity index (χ0) is 21.7. The Balaban J connectivity index is 1.57. The molecule has 0 fully saturated rings. The Kier molecular flexibility index (Phi) is 7.24. The van der Waals surface area contributed by atoms with E-state index in [2.05, 4.69) is 20.6 Å². The maximum atomic E-state index is 12.2. The second-order valence-electron chi connectivity index (χ2n) is 6.41.